The molecule has 1 heterocycles. The van der Waals surface area contributed by atoms with Crippen molar-refractivity contribution < 1.29 is 4.52 Å². The van der Waals surface area contributed by atoms with Crippen molar-refractivity contribution in [1.82, 2.24) is 10.1 Å². The molecule has 0 saturated carbocycles. The van der Waals surface area contributed by atoms with Gasteiger partial charge in [-0.15, -0.1) is 0 Å². The second-order valence-electron chi connectivity index (χ2n) is 4.52. The SMILES string of the molecule is Nc1c(Cl)cccc1-c1nc(Cc2cccc(Cl)c2)no1. The molecule has 21 heavy (non-hydrogen) atoms. The monoisotopic (exact) mass is 319 g/mol. The number of nitrogen functional groups attached to an aromatic ring is 1. The van der Waals surface area contributed by atoms with Crippen LogP contribution in [0.4, 0.5) is 5.69 Å². The van der Waals surface area contributed by atoms with Gasteiger partial charge in [0.2, 0.25) is 0 Å². The first-order chi connectivity index (χ1) is 10.1. The fourth-order valence-electron chi connectivity index (χ4n) is 1.99. The maximum Gasteiger partial charge on any atom is 0.260 e. The molecule has 3 aromatic rings. The largest absolute Gasteiger partial charge is 0.397 e. The maximum atomic E-state index is 5.99. The van der Waals surface area contributed by atoms with Crippen LogP contribution < -0.4 is 5.73 Å². The predicted octanol–water partition coefficient (Wildman–Crippen LogP) is 4.22. The maximum absolute atomic E-state index is 5.99. The highest BCUT2D eigenvalue weighted by Crippen LogP contribution is 2.30. The van der Waals surface area contributed by atoms with Crippen LogP contribution in [-0.2, 0) is 6.42 Å². The Morgan fingerprint density at radius 1 is 1.10 bits per heavy atom. The van der Waals surface area contributed by atoms with Crippen molar-refractivity contribution in [2.24, 2.45) is 0 Å². The summed E-state index contributed by atoms with van der Waals surface area (Å²) in [6, 6.07) is 12.8. The first kappa shape index (κ1) is 13.9. The van der Waals surface area contributed by atoms with Crippen molar-refractivity contribution in [3.63, 3.8) is 0 Å². The second-order valence-corrected chi connectivity index (χ2v) is 5.37. The summed E-state index contributed by atoms with van der Waals surface area (Å²) >= 11 is 11.9. The van der Waals surface area contributed by atoms with Crippen molar-refractivity contribution in [1.29, 1.82) is 0 Å². The zero-order valence-corrected chi connectivity index (χ0v) is 12.4. The van der Waals surface area contributed by atoms with Crippen molar-refractivity contribution in [3.8, 4) is 11.5 Å². The van der Waals surface area contributed by atoms with E-state index in [-0.39, 0.29) is 0 Å². The summed E-state index contributed by atoms with van der Waals surface area (Å²) in [7, 11) is 0. The molecule has 106 valence electrons. The number of aromatic nitrogens is 2. The Labute approximate surface area is 131 Å². The van der Waals surface area contributed by atoms with Gasteiger partial charge in [0.1, 0.15) is 0 Å². The van der Waals surface area contributed by atoms with Gasteiger partial charge in [0.25, 0.3) is 5.89 Å². The van der Waals surface area contributed by atoms with Crippen LogP contribution in [0, 0.1) is 0 Å². The lowest BCUT2D eigenvalue weighted by molar-refractivity contribution is 0.424. The molecule has 2 aromatic carbocycles. The van der Waals surface area contributed by atoms with Gasteiger partial charge in [-0.1, -0.05) is 46.6 Å². The average molecular weight is 320 g/mol. The fraction of sp³-hybridized carbons (Fsp3) is 0.0667. The minimum absolute atomic E-state index is 0.354. The highest BCUT2D eigenvalue weighted by atomic mass is 35.5. The number of anilines is 1. The second kappa shape index (κ2) is 5.76. The third-order valence-electron chi connectivity index (χ3n) is 3.00. The Bertz CT molecular complexity index is 786. The quantitative estimate of drug-likeness (QED) is 0.734. The topological polar surface area (TPSA) is 64.9 Å². The van der Waals surface area contributed by atoms with E-state index < -0.39 is 0 Å². The van der Waals surface area contributed by atoms with Crippen LogP contribution in [0.25, 0.3) is 11.5 Å². The van der Waals surface area contributed by atoms with Gasteiger partial charge in [-0.25, -0.2) is 0 Å². The van der Waals surface area contributed by atoms with Crippen molar-refractivity contribution in [2.75, 3.05) is 5.73 Å². The van der Waals surface area contributed by atoms with E-state index >= 15 is 0 Å². The summed E-state index contributed by atoms with van der Waals surface area (Å²) in [5.41, 5.74) is 7.99. The molecule has 0 amide bonds. The molecule has 2 N–H and O–H groups in total. The Hall–Kier alpha value is -2.04. The zero-order chi connectivity index (χ0) is 14.8. The molecule has 0 aliphatic carbocycles. The Morgan fingerprint density at radius 3 is 2.71 bits per heavy atom. The molecule has 6 heteroatoms. The van der Waals surface area contributed by atoms with Gasteiger partial charge in [0.15, 0.2) is 5.82 Å². The lowest BCUT2D eigenvalue weighted by atomic mass is 10.1. The van der Waals surface area contributed by atoms with Gasteiger partial charge in [0.05, 0.1) is 16.3 Å². The van der Waals surface area contributed by atoms with Crippen molar-refractivity contribution in [2.45, 2.75) is 6.42 Å². The first-order valence-corrected chi connectivity index (χ1v) is 7.00. The molecule has 1 aromatic heterocycles. The van der Waals surface area contributed by atoms with E-state index in [4.69, 9.17) is 33.5 Å². The molecule has 4 nitrogen and oxygen atoms in total. The minimum Gasteiger partial charge on any atom is -0.397 e. The highest BCUT2D eigenvalue weighted by molar-refractivity contribution is 6.33. The molecule has 0 aliphatic heterocycles. The summed E-state index contributed by atoms with van der Waals surface area (Å²) in [6.45, 7) is 0. The summed E-state index contributed by atoms with van der Waals surface area (Å²) in [5.74, 6) is 0.915. The molecule has 0 radical (unpaired) electrons. The third-order valence-corrected chi connectivity index (χ3v) is 3.57. The van der Waals surface area contributed by atoms with Crippen LogP contribution in [0.2, 0.25) is 10.0 Å². The van der Waals surface area contributed by atoms with Gasteiger partial charge < -0.3 is 10.3 Å². The molecule has 0 saturated heterocycles. The standard InChI is InChI=1S/C15H11Cl2N3O/c16-10-4-1-3-9(7-10)8-13-19-15(21-20-13)11-5-2-6-12(17)14(11)18/h1-7H,8,18H2. The van der Waals surface area contributed by atoms with Gasteiger partial charge in [0, 0.05) is 11.4 Å². The van der Waals surface area contributed by atoms with Crippen LogP contribution in [-0.4, -0.2) is 10.1 Å². The third kappa shape index (κ3) is 3.01. The van der Waals surface area contributed by atoms with E-state index in [0.717, 1.165) is 5.56 Å². The summed E-state index contributed by atoms with van der Waals surface area (Å²) in [6.07, 6.45) is 0.532. The average Bonchev–Trinajstić information content (AvgIpc) is 2.90. The van der Waals surface area contributed by atoms with Crippen LogP contribution in [0.3, 0.4) is 0 Å². The predicted molar refractivity (Wildman–Crippen MR) is 83.4 cm³/mol. The number of hydrogen-bond acceptors (Lipinski definition) is 4. The minimum atomic E-state index is 0.354. The smallest absolute Gasteiger partial charge is 0.260 e. The van der Waals surface area contributed by atoms with E-state index in [9.17, 15) is 0 Å². The van der Waals surface area contributed by atoms with Gasteiger partial charge in [-0.3, -0.25) is 0 Å². The molecule has 0 spiro atoms. The van der Waals surface area contributed by atoms with Crippen LogP contribution in [0.15, 0.2) is 47.0 Å². The lowest BCUT2D eigenvalue weighted by Gasteiger charge is -2.01. The number of rotatable bonds is 3. The number of nitrogens with zero attached hydrogens (tertiary/aromatic N) is 2. The first-order valence-electron chi connectivity index (χ1n) is 6.25. The van der Waals surface area contributed by atoms with E-state index in [2.05, 4.69) is 10.1 Å². The molecule has 0 unspecified atom stereocenters. The summed E-state index contributed by atoms with van der Waals surface area (Å²) in [4.78, 5) is 4.35. The van der Waals surface area contributed by atoms with Crippen molar-refractivity contribution >= 4 is 28.9 Å². The normalized spacial score (nSPS) is 10.8. The molecule has 0 fully saturated rings. The molecular formula is C15H11Cl2N3O. The number of hydrogen-bond donors (Lipinski definition) is 1. The molecule has 0 atom stereocenters. The van der Waals surface area contributed by atoms with Crippen LogP contribution in [0.1, 0.15) is 11.4 Å². The molecule has 3 rings (SSSR count). The lowest BCUT2D eigenvalue weighted by Crippen LogP contribution is -1.93. The Morgan fingerprint density at radius 2 is 1.90 bits per heavy atom. The summed E-state index contributed by atoms with van der Waals surface area (Å²) < 4.78 is 5.26. The van der Waals surface area contributed by atoms with E-state index in [1.54, 1.807) is 18.2 Å². The zero-order valence-electron chi connectivity index (χ0n) is 10.9. The van der Waals surface area contributed by atoms with Crippen molar-refractivity contribution in [3.05, 3.63) is 63.9 Å². The molecular weight excluding hydrogens is 309 g/mol. The fourth-order valence-corrected chi connectivity index (χ4v) is 2.38. The van der Waals surface area contributed by atoms with Gasteiger partial charge >= 0.3 is 0 Å². The van der Waals surface area contributed by atoms with Crippen LogP contribution >= 0.6 is 23.2 Å². The van der Waals surface area contributed by atoms with E-state index in [0.29, 0.717) is 39.4 Å². The van der Waals surface area contributed by atoms with E-state index in [1.807, 2.05) is 24.3 Å². The highest BCUT2D eigenvalue weighted by Gasteiger charge is 2.13. The van der Waals surface area contributed by atoms with Crippen LogP contribution in [0.5, 0.6) is 0 Å². The van der Waals surface area contributed by atoms with E-state index in [1.165, 1.54) is 0 Å². The van der Waals surface area contributed by atoms with Gasteiger partial charge in [-0.05, 0) is 29.8 Å². The number of benzene rings is 2. The Balaban J connectivity index is 1.88. The summed E-state index contributed by atoms with van der Waals surface area (Å²) in [5, 5.41) is 5.10. The molecule has 0 aliphatic rings. The number of para-hydroxylation sites is 1. The number of nitrogens with two attached hydrogens (primary N) is 1. The number of halogens is 2. The molecule has 0 bridgehead atoms. The Kier molecular flexibility index (Phi) is 3.82. The van der Waals surface area contributed by atoms with Gasteiger partial charge in [-0.2, -0.15) is 4.98 Å².